The van der Waals surface area contributed by atoms with Gasteiger partial charge in [-0.1, -0.05) is 6.07 Å². The lowest BCUT2D eigenvalue weighted by Gasteiger charge is -2.26. The number of nitrogens with one attached hydrogen (secondary N) is 1. The second-order valence-electron chi connectivity index (χ2n) is 5.80. The number of pyridine rings is 1. The van der Waals surface area contributed by atoms with Crippen LogP contribution in [0, 0.1) is 0 Å². The lowest BCUT2D eigenvalue weighted by atomic mass is 10.3. The molecule has 1 saturated heterocycles. The van der Waals surface area contributed by atoms with Gasteiger partial charge in [0, 0.05) is 45.3 Å². The Bertz CT molecular complexity index is 663. The Balaban J connectivity index is 1.35. The molecule has 0 radical (unpaired) electrons. The molecule has 0 atom stereocenters. The summed E-state index contributed by atoms with van der Waals surface area (Å²) in [6.45, 7) is 6.19. The zero-order valence-corrected chi connectivity index (χ0v) is 13.9. The molecule has 0 spiro atoms. The molecule has 3 N–H and O–H groups in total. The fourth-order valence-electron chi connectivity index (χ4n) is 2.74. The van der Waals surface area contributed by atoms with E-state index in [1.54, 1.807) is 0 Å². The maximum atomic E-state index is 5.91. The Kier molecular flexibility index (Phi) is 5.97. The van der Waals surface area contributed by atoms with E-state index in [9.17, 15) is 0 Å². The molecule has 3 rings (SSSR count). The van der Waals surface area contributed by atoms with Crippen molar-refractivity contribution in [3.63, 3.8) is 0 Å². The number of aliphatic imine (C=N–C) groups is 1. The second-order valence-corrected chi connectivity index (χ2v) is 5.80. The standard InChI is InChI=1S/C16H25N7O/c17-16(18-6-3-8-22-10-12-24-13-11-22)19-7-5-15-21-20-14-4-1-2-9-23(14)15/h1-2,4,9H,3,5-8,10-13H2,(H3,17,18,19). The van der Waals surface area contributed by atoms with Crippen LogP contribution in [0.25, 0.3) is 5.65 Å². The molecule has 2 aromatic rings. The first kappa shape index (κ1) is 16.7. The van der Waals surface area contributed by atoms with E-state index in [4.69, 9.17) is 10.5 Å². The fraction of sp³-hybridized carbons (Fsp3) is 0.562. The van der Waals surface area contributed by atoms with Crippen LogP contribution in [0.1, 0.15) is 12.2 Å². The van der Waals surface area contributed by atoms with E-state index in [0.29, 0.717) is 12.5 Å². The van der Waals surface area contributed by atoms with Crippen LogP contribution >= 0.6 is 0 Å². The topological polar surface area (TPSA) is 93.1 Å². The van der Waals surface area contributed by atoms with Crippen LogP contribution in [0.4, 0.5) is 0 Å². The lowest BCUT2D eigenvalue weighted by molar-refractivity contribution is 0.0377. The molecule has 0 amide bonds. The number of nitrogens with zero attached hydrogens (tertiary/aromatic N) is 5. The minimum absolute atomic E-state index is 0.491. The molecule has 1 aliphatic heterocycles. The van der Waals surface area contributed by atoms with Gasteiger partial charge in [0.2, 0.25) is 0 Å². The molecule has 8 nitrogen and oxygen atoms in total. The Labute approximate surface area is 141 Å². The van der Waals surface area contributed by atoms with Gasteiger partial charge in [0.15, 0.2) is 11.6 Å². The van der Waals surface area contributed by atoms with Crippen molar-refractivity contribution in [3.05, 3.63) is 30.2 Å². The number of aromatic nitrogens is 3. The predicted molar refractivity (Wildman–Crippen MR) is 93.1 cm³/mol. The molecular formula is C16H25N7O. The SMILES string of the molecule is NC(=NCCCN1CCOCC1)NCCc1nnc2ccccn12. The predicted octanol–water partition coefficient (Wildman–Crippen LogP) is -0.102. The second kappa shape index (κ2) is 8.60. The number of morpholine rings is 1. The number of nitrogens with two attached hydrogens (primary N) is 1. The van der Waals surface area contributed by atoms with E-state index in [-0.39, 0.29) is 0 Å². The maximum Gasteiger partial charge on any atom is 0.188 e. The summed E-state index contributed by atoms with van der Waals surface area (Å²) < 4.78 is 7.32. The monoisotopic (exact) mass is 331 g/mol. The normalized spacial score (nSPS) is 16.6. The number of fused-ring (bicyclic) bond motifs is 1. The molecule has 0 aliphatic carbocycles. The van der Waals surface area contributed by atoms with E-state index in [1.807, 2.05) is 28.8 Å². The van der Waals surface area contributed by atoms with Crippen LogP contribution in [0.2, 0.25) is 0 Å². The minimum atomic E-state index is 0.491. The van der Waals surface area contributed by atoms with Crippen molar-refractivity contribution in [1.82, 2.24) is 24.8 Å². The highest BCUT2D eigenvalue weighted by atomic mass is 16.5. The van der Waals surface area contributed by atoms with Crippen LogP contribution in [0.15, 0.2) is 29.4 Å². The Morgan fingerprint density at radius 3 is 3.04 bits per heavy atom. The van der Waals surface area contributed by atoms with Gasteiger partial charge in [-0.05, 0) is 18.6 Å². The van der Waals surface area contributed by atoms with Gasteiger partial charge >= 0.3 is 0 Å². The van der Waals surface area contributed by atoms with Gasteiger partial charge in [0.25, 0.3) is 0 Å². The Morgan fingerprint density at radius 1 is 1.29 bits per heavy atom. The van der Waals surface area contributed by atoms with E-state index in [0.717, 1.165) is 63.7 Å². The van der Waals surface area contributed by atoms with E-state index >= 15 is 0 Å². The van der Waals surface area contributed by atoms with Crippen LogP contribution < -0.4 is 11.1 Å². The molecule has 0 aromatic carbocycles. The average Bonchev–Trinajstić information content (AvgIpc) is 3.03. The van der Waals surface area contributed by atoms with Crippen molar-refractivity contribution in [1.29, 1.82) is 0 Å². The van der Waals surface area contributed by atoms with E-state index < -0.39 is 0 Å². The summed E-state index contributed by atoms with van der Waals surface area (Å²) in [6.07, 6.45) is 3.72. The number of hydrogen-bond donors (Lipinski definition) is 2. The van der Waals surface area contributed by atoms with Gasteiger partial charge in [-0.2, -0.15) is 0 Å². The van der Waals surface area contributed by atoms with Crippen molar-refractivity contribution >= 4 is 11.6 Å². The molecule has 1 aliphatic rings. The highest BCUT2D eigenvalue weighted by Crippen LogP contribution is 2.02. The summed E-state index contributed by atoms with van der Waals surface area (Å²) in [4.78, 5) is 6.77. The van der Waals surface area contributed by atoms with E-state index in [2.05, 4.69) is 25.4 Å². The Morgan fingerprint density at radius 2 is 2.17 bits per heavy atom. The number of ether oxygens (including phenoxy) is 1. The quantitative estimate of drug-likeness (QED) is 0.418. The molecule has 0 saturated carbocycles. The van der Waals surface area contributed by atoms with Gasteiger partial charge in [-0.25, -0.2) is 0 Å². The molecule has 8 heteroatoms. The zero-order chi connectivity index (χ0) is 16.6. The smallest absolute Gasteiger partial charge is 0.188 e. The molecule has 3 heterocycles. The summed E-state index contributed by atoms with van der Waals surface area (Å²) in [5.74, 6) is 1.41. The molecule has 130 valence electrons. The van der Waals surface area contributed by atoms with Gasteiger partial charge in [-0.15, -0.1) is 10.2 Å². The minimum Gasteiger partial charge on any atom is -0.379 e. The lowest BCUT2D eigenvalue weighted by Crippen LogP contribution is -2.37. The third kappa shape index (κ3) is 4.65. The van der Waals surface area contributed by atoms with Crippen molar-refractivity contribution in [2.45, 2.75) is 12.8 Å². The summed E-state index contributed by atoms with van der Waals surface area (Å²) in [6, 6.07) is 5.86. The van der Waals surface area contributed by atoms with Crippen molar-refractivity contribution < 1.29 is 4.74 Å². The van der Waals surface area contributed by atoms with Crippen LogP contribution in [0.3, 0.4) is 0 Å². The molecular weight excluding hydrogens is 306 g/mol. The first-order valence-electron chi connectivity index (χ1n) is 8.45. The summed E-state index contributed by atoms with van der Waals surface area (Å²) in [7, 11) is 0. The molecule has 0 bridgehead atoms. The van der Waals surface area contributed by atoms with Crippen molar-refractivity contribution in [2.75, 3.05) is 45.9 Å². The molecule has 24 heavy (non-hydrogen) atoms. The van der Waals surface area contributed by atoms with Crippen molar-refractivity contribution in [2.24, 2.45) is 10.7 Å². The van der Waals surface area contributed by atoms with Gasteiger partial charge < -0.3 is 15.8 Å². The van der Waals surface area contributed by atoms with Gasteiger partial charge in [0.05, 0.1) is 13.2 Å². The van der Waals surface area contributed by atoms with Crippen LogP contribution in [0.5, 0.6) is 0 Å². The first-order valence-corrected chi connectivity index (χ1v) is 8.45. The first-order chi connectivity index (χ1) is 11.8. The number of rotatable bonds is 7. The summed E-state index contributed by atoms with van der Waals surface area (Å²) in [5, 5.41) is 11.5. The summed E-state index contributed by atoms with van der Waals surface area (Å²) in [5.41, 5.74) is 6.77. The van der Waals surface area contributed by atoms with Gasteiger partial charge in [-0.3, -0.25) is 14.3 Å². The molecule has 1 fully saturated rings. The highest BCUT2D eigenvalue weighted by molar-refractivity contribution is 5.77. The van der Waals surface area contributed by atoms with E-state index in [1.165, 1.54) is 0 Å². The molecule has 2 aromatic heterocycles. The van der Waals surface area contributed by atoms with Crippen LogP contribution in [-0.2, 0) is 11.2 Å². The van der Waals surface area contributed by atoms with Crippen molar-refractivity contribution in [3.8, 4) is 0 Å². The van der Waals surface area contributed by atoms with Gasteiger partial charge in [0.1, 0.15) is 5.82 Å². The van der Waals surface area contributed by atoms with Crippen LogP contribution in [-0.4, -0.2) is 71.4 Å². The fourth-order valence-corrected chi connectivity index (χ4v) is 2.74. The summed E-state index contributed by atoms with van der Waals surface area (Å²) >= 11 is 0. The molecule has 0 unspecified atom stereocenters. The number of hydrogen-bond acceptors (Lipinski definition) is 5. The maximum absolute atomic E-state index is 5.91. The average molecular weight is 331 g/mol. The highest BCUT2D eigenvalue weighted by Gasteiger charge is 2.09. The Hall–Kier alpha value is -2.19. The zero-order valence-electron chi connectivity index (χ0n) is 13.9. The third-order valence-electron chi connectivity index (χ3n) is 4.06. The third-order valence-corrected chi connectivity index (χ3v) is 4.06. The number of guanidine groups is 1. The largest absolute Gasteiger partial charge is 0.379 e.